The molecule has 0 spiro atoms. The van der Waals surface area contributed by atoms with Crippen LogP contribution in [0.4, 0.5) is 0 Å². The summed E-state index contributed by atoms with van der Waals surface area (Å²) in [7, 11) is 0. The fourth-order valence-electron chi connectivity index (χ4n) is 1.58. The van der Waals surface area contributed by atoms with Crippen molar-refractivity contribution in [3.05, 3.63) is 0 Å². The normalized spacial score (nSPS) is 43.2. The lowest BCUT2D eigenvalue weighted by atomic mass is 10.4. The van der Waals surface area contributed by atoms with E-state index in [0.717, 1.165) is 19.7 Å². The molecule has 0 nitrogen and oxygen atoms in total. The van der Waals surface area contributed by atoms with Gasteiger partial charge in [0.1, 0.15) is 0 Å². The highest BCUT2D eigenvalue weighted by atomic mass is 32.2. The van der Waals surface area contributed by atoms with E-state index < -0.39 is 0 Å². The fraction of sp³-hybridized carbons (Fsp3) is 1.00. The zero-order chi connectivity index (χ0) is 10.1. The topological polar surface area (TPSA) is 0 Å². The Morgan fingerprint density at radius 2 is 1.33 bits per heavy atom. The standard InChI is InChI=1S/C10H16S5/c1-2-10(14-6-8-4-12-8)15-9(1)13-5-7-3-11-7/h7-10H,1-6H2. The van der Waals surface area contributed by atoms with Crippen LogP contribution in [-0.2, 0) is 0 Å². The summed E-state index contributed by atoms with van der Waals surface area (Å²) in [4.78, 5) is 0. The Kier molecular flexibility index (Phi) is 4.41. The molecule has 5 heteroatoms. The van der Waals surface area contributed by atoms with Crippen molar-refractivity contribution in [1.82, 2.24) is 0 Å². The summed E-state index contributed by atoms with van der Waals surface area (Å²) < 4.78 is 1.85. The Bertz CT molecular complexity index is 192. The molecule has 3 aliphatic heterocycles. The molecule has 0 amide bonds. The number of hydrogen-bond donors (Lipinski definition) is 0. The third-order valence-corrected chi connectivity index (χ3v) is 10.0. The molecule has 0 N–H and O–H groups in total. The molecule has 4 atom stereocenters. The molecule has 0 aromatic carbocycles. The quantitative estimate of drug-likeness (QED) is 0.680. The van der Waals surface area contributed by atoms with Crippen molar-refractivity contribution in [1.29, 1.82) is 0 Å². The molecule has 0 radical (unpaired) electrons. The molecule has 0 aliphatic carbocycles. The van der Waals surface area contributed by atoms with Crippen molar-refractivity contribution < 1.29 is 0 Å². The van der Waals surface area contributed by atoms with Gasteiger partial charge >= 0.3 is 0 Å². The Morgan fingerprint density at radius 3 is 1.73 bits per heavy atom. The summed E-state index contributed by atoms with van der Waals surface area (Å²) in [5.41, 5.74) is 0. The van der Waals surface area contributed by atoms with Gasteiger partial charge in [-0.15, -0.1) is 35.3 Å². The minimum Gasteiger partial charge on any atom is -0.156 e. The molecular weight excluding hydrogens is 280 g/mol. The second-order valence-electron chi connectivity index (χ2n) is 4.15. The fourth-order valence-corrected chi connectivity index (χ4v) is 8.33. The van der Waals surface area contributed by atoms with Gasteiger partial charge in [-0.1, -0.05) is 0 Å². The van der Waals surface area contributed by atoms with Crippen LogP contribution in [0, 0.1) is 0 Å². The van der Waals surface area contributed by atoms with Gasteiger partial charge in [-0.25, -0.2) is 0 Å². The summed E-state index contributed by atoms with van der Waals surface area (Å²) in [5.74, 6) is 5.69. The van der Waals surface area contributed by atoms with E-state index in [-0.39, 0.29) is 0 Å². The minimum absolute atomic E-state index is 0.926. The monoisotopic (exact) mass is 296 g/mol. The first-order valence-corrected chi connectivity index (χ1v) is 10.7. The highest BCUT2D eigenvalue weighted by Gasteiger charge is 2.31. The summed E-state index contributed by atoms with van der Waals surface area (Å²) in [6.45, 7) is 0. The van der Waals surface area contributed by atoms with Gasteiger partial charge in [-0.05, 0) is 12.8 Å². The third-order valence-electron chi connectivity index (χ3n) is 2.68. The summed E-state index contributed by atoms with van der Waals surface area (Å²) in [6.07, 6.45) is 2.92. The summed E-state index contributed by atoms with van der Waals surface area (Å²) in [6, 6.07) is 0. The van der Waals surface area contributed by atoms with Crippen LogP contribution in [0.1, 0.15) is 12.8 Å². The van der Waals surface area contributed by atoms with Gasteiger partial charge in [0.25, 0.3) is 0 Å². The molecule has 0 aromatic heterocycles. The SMILES string of the molecule is C1SC1CSC1CCC(SCC2CS2)S1. The lowest BCUT2D eigenvalue weighted by molar-refractivity contribution is 0.900. The molecule has 0 saturated carbocycles. The van der Waals surface area contributed by atoms with E-state index in [0.29, 0.717) is 0 Å². The highest BCUT2D eigenvalue weighted by molar-refractivity contribution is 8.24. The van der Waals surface area contributed by atoms with Crippen molar-refractivity contribution in [2.24, 2.45) is 0 Å². The van der Waals surface area contributed by atoms with Crippen LogP contribution in [0.15, 0.2) is 0 Å². The maximum atomic E-state index is 2.26. The maximum absolute atomic E-state index is 2.26. The number of hydrogen-bond acceptors (Lipinski definition) is 5. The van der Waals surface area contributed by atoms with E-state index in [1.54, 1.807) is 0 Å². The third kappa shape index (κ3) is 4.16. The first-order chi connectivity index (χ1) is 7.40. The van der Waals surface area contributed by atoms with Gasteiger partial charge in [-0.3, -0.25) is 0 Å². The van der Waals surface area contributed by atoms with Crippen LogP contribution >= 0.6 is 58.8 Å². The molecule has 3 saturated heterocycles. The molecule has 3 fully saturated rings. The first kappa shape index (κ1) is 11.8. The molecule has 0 aromatic rings. The Labute approximate surface area is 114 Å². The zero-order valence-corrected chi connectivity index (χ0v) is 12.7. The van der Waals surface area contributed by atoms with Crippen LogP contribution in [-0.4, -0.2) is 42.7 Å². The van der Waals surface area contributed by atoms with Gasteiger partial charge in [0, 0.05) is 33.5 Å². The highest BCUT2D eigenvalue weighted by Crippen LogP contribution is 2.48. The number of rotatable bonds is 6. The Morgan fingerprint density at radius 1 is 0.867 bits per heavy atom. The van der Waals surface area contributed by atoms with Gasteiger partial charge in [-0.2, -0.15) is 23.5 Å². The van der Waals surface area contributed by atoms with Gasteiger partial charge in [0.15, 0.2) is 0 Å². The van der Waals surface area contributed by atoms with Crippen molar-refractivity contribution in [3.63, 3.8) is 0 Å². The van der Waals surface area contributed by atoms with Crippen molar-refractivity contribution in [2.45, 2.75) is 32.5 Å². The zero-order valence-electron chi connectivity index (χ0n) is 8.59. The predicted molar refractivity (Wildman–Crippen MR) is 81.8 cm³/mol. The van der Waals surface area contributed by atoms with E-state index in [2.05, 4.69) is 58.8 Å². The molecule has 4 unspecified atom stereocenters. The average Bonchev–Trinajstić information content (AvgIpc) is 3.14. The molecule has 15 heavy (non-hydrogen) atoms. The molecular formula is C10H16S5. The molecule has 3 aliphatic rings. The lowest BCUT2D eigenvalue weighted by Crippen LogP contribution is -1.97. The maximum Gasteiger partial charge on any atom is 0.0514 e. The van der Waals surface area contributed by atoms with E-state index in [1.165, 1.54) is 35.9 Å². The van der Waals surface area contributed by atoms with Crippen molar-refractivity contribution in [2.75, 3.05) is 23.0 Å². The van der Waals surface area contributed by atoms with E-state index >= 15 is 0 Å². The van der Waals surface area contributed by atoms with Crippen molar-refractivity contribution >= 4 is 58.8 Å². The smallest absolute Gasteiger partial charge is 0.0514 e. The van der Waals surface area contributed by atoms with Gasteiger partial charge < -0.3 is 0 Å². The van der Waals surface area contributed by atoms with Crippen LogP contribution in [0.25, 0.3) is 0 Å². The summed E-state index contributed by atoms with van der Waals surface area (Å²) in [5, 5.41) is 2.04. The van der Waals surface area contributed by atoms with Gasteiger partial charge in [0.05, 0.1) is 9.16 Å². The van der Waals surface area contributed by atoms with Crippen LogP contribution < -0.4 is 0 Å². The Hall–Kier alpha value is 1.75. The average molecular weight is 297 g/mol. The predicted octanol–water partition coefficient (Wildman–Crippen LogP) is 3.86. The van der Waals surface area contributed by atoms with Crippen LogP contribution in [0.3, 0.4) is 0 Å². The molecule has 0 bridgehead atoms. The minimum atomic E-state index is 0.926. The Balaban J connectivity index is 1.30. The van der Waals surface area contributed by atoms with Crippen LogP contribution in [0.2, 0.25) is 0 Å². The molecule has 3 heterocycles. The second-order valence-corrected chi connectivity index (χ2v) is 11.3. The largest absolute Gasteiger partial charge is 0.156 e. The summed E-state index contributed by atoms with van der Waals surface area (Å²) >= 11 is 11.0. The first-order valence-electron chi connectivity index (χ1n) is 5.52. The molecule has 86 valence electrons. The lowest BCUT2D eigenvalue weighted by Gasteiger charge is -2.10. The van der Waals surface area contributed by atoms with Gasteiger partial charge in [0.2, 0.25) is 0 Å². The van der Waals surface area contributed by atoms with E-state index in [4.69, 9.17) is 0 Å². The van der Waals surface area contributed by atoms with Crippen LogP contribution in [0.5, 0.6) is 0 Å². The molecule has 3 rings (SSSR count). The van der Waals surface area contributed by atoms with E-state index in [9.17, 15) is 0 Å². The second kappa shape index (κ2) is 5.59. The number of thioether (sulfide) groups is 5. The van der Waals surface area contributed by atoms with E-state index in [1.807, 2.05) is 0 Å². The van der Waals surface area contributed by atoms with Crippen molar-refractivity contribution in [3.8, 4) is 0 Å².